The second-order valence-corrected chi connectivity index (χ2v) is 9.62. The molecule has 0 saturated heterocycles. The summed E-state index contributed by atoms with van der Waals surface area (Å²) in [5, 5.41) is 20.6. The predicted molar refractivity (Wildman–Crippen MR) is 151 cm³/mol. The van der Waals surface area contributed by atoms with Crippen LogP contribution in [0.15, 0.2) is 71.7 Å². The number of aliphatic carboxylic acids is 1. The van der Waals surface area contributed by atoms with Crippen molar-refractivity contribution < 1.29 is 24.2 Å². The number of aromatic nitrogens is 1. The molecule has 1 amide bonds. The topological polar surface area (TPSA) is 109 Å². The molecule has 4 aromatic rings. The smallest absolute Gasteiger partial charge is 0.303 e. The summed E-state index contributed by atoms with van der Waals surface area (Å²) in [4.78, 5) is 34.9. The normalized spacial score (nSPS) is 11.8. The van der Waals surface area contributed by atoms with E-state index in [2.05, 4.69) is 4.98 Å². The van der Waals surface area contributed by atoms with Crippen molar-refractivity contribution in [1.82, 2.24) is 9.88 Å². The van der Waals surface area contributed by atoms with Crippen molar-refractivity contribution in [2.75, 3.05) is 32.6 Å². The summed E-state index contributed by atoms with van der Waals surface area (Å²) in [5.74, 6) is -1.50. The zero-order valence-corrected chi connectivity index (χ0v) is 22.1. The highest BCUT2D eigenvalue weighted by Gasteiger charge is 2.20. The molecule has 3 aromatic carbocycles. The number of carboxylic acids is 1. The Kier molecular flexibility index (Phi) is 8.41. The van der Waals surface area contributed by atoms with E-state index < -0.39 is 11.8 Å². The summed E-state index contributed by atoms with van der Waals surface area (Å²) in [6.07, 6.45) is 0.715. The van der Waals surface area contributed by atoms with Crippen LogP contribution in [0, 0.1) is 5.82 Å². The molecule has 0 radical (unpaired) electrons. The van der Waals surface area contributed by atoms with Crippen LogP contribution in [0.4, 0.5) is 15.8 Å². The molecule has 0 aliphatic rings. The molecule has 39 heavy (non-hydrogen) atoms. The molecule has 0 bridgehead atoms. The number of halogens is 1. The van der Waals surface area contributed by atoms with Gasteiger partial charge in [-0.05, 0) is 74.6 Å². The molecule has 0 aliphatic heterocycles. The summed E-state index contributed by atoms with van der Waals surface area (Å²) in [5.41, 5.74) is 4.03. The van der Waals surface area contributed by atoms with E-state index in [9.17, 15) is 19.1 Å². The van der Waals surface area contributed by atoms with E-state index in [0.29, 0.717) is 52.8 Å². The lowest BCUT2D eigenvalue weighted by atomic mass is 9.97. The third-order valence-electron chi connectivity index (χ3n) is 6.43. The lowest BCUT2D eigenvalue weighted by Gasteiger charge is -2.19. The van der Waals surface area contributed by atoms with Crippen molar-refractivity contribution >= 4 is 39.9 Å². The van der Waals surface area contributed by atoms with Gasteiger partial charge in [-0.2, -0.15) is 0 Å². The minimum Gasteiger partial charge on any atom is -0.494 e. The van der Waals surface area contributed by atoms with Crippen molar-refractivity contribution in [3.05, 3.63) is 89.2 Å². The molecule has 0 saturated carbocycles. The number of aromatic amines is 1. The minimum absolute atomic E-state index is 0.00485. The molecule has 0 aliphatic carbocycles. The summed E-state index contributed by atoms with van der Waals surface area (Å²) >= 11 is 0. The maximum absolute atomic E-state index is 13.9. The standard InChI is InChI=1S/C30H31FN4O4/c1-34(2)16-15-26(36)35(3)23-11-9-22(10-12-23)32-29(20-6-4-5-19(17-20)7-14-27(37)38)28-24-13-8-21(31)18-25(24)33-30(28)39/h4-6,8-13,17-18,33,39H,7,14-16H2,1-3H3,(H,37,38). The average Bonchev–Trinajstić information content (AvgIpc) is 3.23. The maximum Gasteiger partial charge on any atom is 0.303 e. The van der Waals surface area contributed by atoms with Crippen LogP contribution in [0.5, 0.6) is 5.88 Å². The van der Waals surface area contributed by atoms with Gasteiger partial charge in [0.05, 0.1) is 22.5 Å². The Morgan fingerprint density at radius 2 is 1.72 bits per heavy atom. The van der Waals surface area contributed by atoms with Crippen molar-refractivity contribution in [1.29, 1.82) is 0 Å². The Balaban J connectivity index is 1.75. The van der Waals surface area contributed by atoms with E-state index in [4.69, 9.17) is 10.1 Å². The summed E-state index contributed by atoms with van der Waals surface area (Å²) in [7, 11) is 5.57. The second-order valence-electron chi connectivity index (χ2n) is 9.62. The van der Waals surface area contributed by atoms with Gasteiger partial charge in [0.15, 0.2) is 5.88 Å². The van der Waals surface area contributed by atoms with E-state index >= 15 is 0 Å². The molecule has 3 N–H and O–H groups in total. The number of anilines is 1. The van der Waals surface area contributed by atoms with Crippen molar-refractivity contribution in [3.63, 3.8) is 0 Å². The summed E-state index contributed by atoms with van der Waals surface area (Å²) in [6, 6.07) is 18.7. The highest BCUT2D eigenvalue weighted by Crippen LogP contribution is 2.32. The van der Waals surface area contributed by atoms with Crippen LogP contribution in [-0.4, -0.2) is 65.4 Å². The first-order valence-corrected chi connectivity index (χ1v) is 12.5. The number of benzene rings is 3. The van der Waals surface area contributed by atoms with E-state index in [0.717, 1.165) is 11.3 Å². The lowest BCUT2D eigenvalue weighted by Crippen LogP contribution is -2.29. The number of carboxylic acid groups (broad SMARTS) is 1. The number of nitrogens with one attached hydrogen (secondary N) is 1. The monoisotopic (exact) mass is 530 g/mol. The van der Waals surface area contributed by atoms with Crippen LogP contribution < -0.4 is 4.90 Å². The van der Waals surface area contributed by atoms with Crippen LogP contribution in [0.25, 0.3) is 10.9 Å². The number of aromatic hydroxyl groups is 1. The number of hydrogen-bond acceptors (Lipinski definition) is 5. The van der Waals surface area contributed by atoms with Crippen LogP contribution in [-0.2, 0) is 16.0 Å². The molecule has 1 heterocycles. The number of aliphatic imine (C=N–C) groups is 1. The van der Waals surface area contributed by atoms with Crippen molar-refractivity contribution in [2.45, 2.75) is 19.3 Å². The molecule has 0 spiro atoms. The predicted octanol–water partition coefficient (Wildman–Crippen LogP) is 5.11. The highest BCUT2D eigenvalue weighted by molar-refractivity contribution is 6.22. The Labute approximate surface area is 226 Å². The fourth-order valence-corrected chi connectivity index (χ4v) is 4.30. The summed E-state index contributed by atoms with van der Waals surface area (Å²) < 4.78 is 13.9. The van der Waals surface area contributed by atoms with Gasteiger partial charge in [-0.3, -0.25) is 9.59 Å². The van der Waals surface area contributed by atoms with Crippen molar-refractivity contribution in [2.24, 2.45) is 4.99 Å². The van der Waals surface area contributed by atoms with Crippen LogP contribution in [0.3, 0.4) is 0 Å². The van der Waals surface area contributed by atoms with Gasteiger partial charge < -0.3 is 25.0 Å². The molecule has 202 valence electrons. The van der Waals surface area contributed by atoms with Gasteiger partial charge in [-0.25, -0.2) is 9.38 Å². The SMILES string of the molecule is CN(C)CCC(=O)N(C)c1ccc(N=C(c2cccc(CCC(=O)O)c2)c2c(O)[nH]c3cc(F)ccc23)cc1. The van der Waals surface area contributed by atoms with Crippen LogP contribution >= 0.6 is 0 Å². The number of rotatable bonds is 10. The van der Waals surface area contributed by atoms with E-state index in [1.54, 1.807) is 42.3 Å². The van der Waals surface area contributed by atoms with Gasteiger partial charge in [0, 0.05) is 43.1 Å². The molecule has 0 fully saturated rings. The second kappa shape index (κ2) is 11.9. The number of aryl methyl sites for hydroxylation is 1. The van der Waals surface area contributed by atoms with Gasteiger partial charge in [-0.15, -0.1) is 0 Å². The number of nitrogens with zero attached hydrogens (tertiary/aromatic N) is 3. The van der Waals surface area contributed by atoms with E-state index in [1.807, 2.05) is 43.3 Å². The first-order chi connectivity index (χ1) is 18.6. The zero-order chi connectivity index (χ0) is 28.1. The minimum atomic E-state index is -0.893. The van der Waals surface area contributed by atoms with Crippen LogP contribution in [0.2, 0.25) is 0 Å². The Bertz CT molecular complexity index is 1530. The Hall–Kier alpha value is -4.50. The largest absolute Gasteiger partial charge is 0.494 e. The third kappa shape index (κ3) is 6.69. The fraction of sp³-hybridized carbons (Fsp3) is 0.233. The van der Waals surface area contributed by atoms with Crippen LogP contribution in [0.1, 0.15) is 29.5 Å². The fourth-order valence-electron chi connectivity index (χ4n) is 4.30. The number of carbonyl (C=O) groups is 2. The zero-order valence-electron chi connectivity index (χ0n) is 22.1. The Morgan fingerprint density at radius 3 is 2.41 bits per heavy atom. The molecule has 4 rings (SSSR count). The lowest BCUT2D eigenvalue weighted by molar-refractivity contribution is -0.137. The molecule has 0 atom stereocenters. The number of carbonyl (C=O) groups excluding carboxylic acids is 1. The summed E-state index contributed by atoms with van der Waals surface area (Å²) in [6.45, 7) is 0.651. The van der Waals surface area contributed by atoms with E-state index in [-0.39, 0.29) is 18.2 Å². The first-order valence-electron chi connectivity index (χ1n) is 12.5. The number of hydrogen-bond donors (Lipinski definition) is 3. The molecule has 8 nitrogen and oxygen atoms in total. The van der Waals surface area contributed by atoms with E-state index in [1.165, 1.54) is 12.1 Å². The molecular weight excluding hydrogens is 499 g/mol. The first kappa shape index (κ1) is 27.5. The molecule has 9 heteroatoms. The third-order valence-corrected chi connectivity index (χ3v) is 6.43. The molecule has 1 aromatic heterocycles. The number of fused-ring (bicyclic) bond motifs is 1. The maximum atomic E-state index is 13.9. The van der Waals surface area contributed by atoms with Gasteiger partial charge in [-0.1, -0.05) is 18.2 Å². The van der Waals surface area contributed by atoms with Gasteiger partial charge in [0.25, 0.3) is 0 Å². The average molecular weight is 531 g/mol. The number of amides is 1. The molecule has 0 unspecified atom stereocenters. The van der Waals surface area contributed by atoms with Gasteiger partial charge >= 0.3 is 5.97 Å². The van der Waals surface area contributed by atoms with Gasteiger partial charge in [0.1, 0.15) is 5.82 Å². The highest BCUT2D eigenvalue weighted by atomic mass is 19.1. The van der Waals surface area contributed by atoms with Gasteiger partial charge in [0.2, 0.25) is 5.91 Å². The number of H-pyrrole nitrogens is 1. The quantitative estimate of drug-likeness (QED) is 0.247. The van der Waals surface area contributed by atoms with Crippen molar-refractivity contribution in [3.8, 4) is 5.88 Å². The Morgan fingerprint density at radius 1 is 0.974 bits per heavy atom. The molecular formula is C30H31FN4O4.